The van der Waals surface area contributed by atoms with Gasteiger partial charge in [0.1, 0.15) is 19.7 Å². The molecule has 0 amide bonds. The second-order valence-corrected chi connectivity index (χ2v) is 10.1. The average Bonchev–Trinajstić information content (AvgIpc) is 3.43. The SMILES string of the molecule is COC1CC([C@@H]2C3CC4OCOC4CC3[C@@H](NCF)C3COC(=O)[C@@H]32)CC(OC)C1OC. The Labute approximate surface area is 188 Å². The summed E-state index contributed by atoms with van der Waals surface area (Å²) in [6, 6.07) is -0.102. The molecule has 2 saturated heterocycles. The van der Waals surface area contributed by atoms with Crippen molar-refractivity contribution in [3.05, 3.63) is 0 Å². The van der Waals surface area contributed by atoms with Gasteiger partial charge in [-0.2, -0.15) is 0 Å². The fourth-order valence-electron chi connectivity index (χ4n) is 7.83. The minimum atomic E-state index is -0.613. The summed E-state index contributed by atoms with van der Waals surface area (Å²) >= 11 is 0. The van der Waals surface area contributed by atoms with E-state index >= 15 is 0 Å². The van der Waals surface area contributed by atoms with Crippen molar-refractivity contribution < 1.29 is 37.6 Å². The molecule has 3 aliphatic carbocycles. The third kappa shape index (κ3) is 3.69. The van der Waals surface area contributed by atoms with Gasteiger partial charge in [0.25, 0.3) is 0 Å². The number of carbonyl (C=O) groups is 1. The quantitative estimate of drug-likeness (QED) is 0.475. The fraction of sp³-hybridized carbons (Fsp3) is 0.957. The van der Waals surface area contributed by atoms with Crippen LogP contribution in [0, 0.1) is 35.5 Å². The third-order valence-electron chi connectivity index (χ3n) is 9.06. The number of halogens is 1. The summed E-state index contributed by atoms with van der Waals surface area (Å²) in [7, 11) is 5.10. The predicted octanol–water partition coefficient (Wildman–Crippen LogP) is 1.51. The molecule has 5 fully saturated rings. The van der Waals surface area contributed by atoms with Crippen LogP contribution >= 0.6 is 0 Å². The van der Waals surface area contributed by atoms with E-state index < -0.39 is 6.80 Å². The first-order chi connectivity index (χ1) is 15.6. The molecule has 5 aliphatic rings. The highest BCUT2D eigenvalue weighted by molar-refractivity contribution is 5.75. The highest BCUT2D eigenvalue weighted by atomic mass is 19.1. The molecule has 0 aromatic heterocycles. The highest BCUT2D eigenvalue weighted by Gasteiger charge is 2.62. The van der Waals surface area contributed by atoms with Crippen LogP contribution in [0.15, 0.2) is 0 Å². The van der Waals surface area contributed by atoms with Crippen LogP contribution in [0.2, 0.25) is 0 Å². The molecule has 0 aromatic carbocycles. The van der Waals surface area contributed by atoms with Gasteiger partial charge in [-0.05, 0) is 49.4 Å². The zero-order valence-corrected chi connectivity index (χ0v) is 19.1. The molecule has 0 radical (unpaired) electrons. The number of ether oxygens (including phenoxy) is 6. The van der Waals surface area contributed by atoms with Crippen LogP contribution in [0.25, 0.3) is 0 Å². The van der Waals surface area contributed by atoms with Crippen molar-refractivity contribution in [3.63, 3.8) is 0 Å². The fourth-order valence-corrected chi connectivity index (χ4v) is 7.83. The summed E-state index contributed by atoms with van der Waals surface area (Å²) in [5.74, 6) is 0.308. The Kier molecular flexibility index (Phi) is 6.75. The largest absolute Gasteiger partial charge is 0.465 e. The maximum atomic E-state index is 13.5. The molecule has 5 rings (SSSR count). The number of methoxy groups -OCH3 is 3. The second kappa shape index (κ2) is 9.43. The summed E-state index contributed by atoms with van der Waals surface area (Å²) < 4.78 is 48.2. The van der Waals surface area contributed by atoms with E-state index in [0.29, 0.717) is 13.4 Å². The number of cyclic esters (lactones) is 1. The lowest BCUT2D eigenvalue weighted by Crippen LogP contribution is -2.61. The highest BCUT2D eigenvalue weighted by Crippen LogP contribution is 2.57. The van der Waals surface area contributed by atoms with Crippen molar-refractivity contribution >= 4 is 5.97 Å². The van der Waals surface area contributed by atoms with Gasteiger partial charge in [-0.15, -0.1) is 0 Å². The summed E-state index contributed by atoms with van der Waals surface area (Å²) in [5.41, 5.74) is 0. The van der Waals surface area contributed by atoms with Crippen molar-refractivity contribution in [1.82, 2.24) is 5.32 Å². The van der Waals surface area contributed by atoms with Crippen LogP contribution in [0.1, 0.15) is 25.7 Å². The summed E-state index contributed by atoms with van der Waals surface area (Å²) in [6.07, 6.45) is 2.94. The number of carbonyl (C=O) groups excluding carboxylic acids is 1. The van der Waals surface area contributed by atoms with Gasteiger partial charge in [-0.1, -0.05) is 0 Å². The minimum Gasteiger partial charge on any atom is -0.465 e. The summed E-state index contributed by atoms with van der Waals surface area (Å²) in [6.45, 7) is 0.0466. The molecule has 1 N–H and O–H groups in total. The lowest BCUT2D eigenvalue weighted by atomic mass is 9.51. The van der Waals surface area contributed by atoms with Crippen LogP contribution in [0.4, 0.5) is 4.39 Å². The number of fused-ring (bicyclic) bond motifs is 3. The smallest absolute Gasteiger partial charge is 0.309 e. The van der Waals surface area contributed by atoms with Crippen LogP contribution < -0.4 is 5.32 Å². The zero-order chi connectivity index (χ0) is 22.4. The molecule has 8 nitrogen and oxygen atoms in total. The van der Waals surface area contributed by atoms with Gasteiger partial charge < -0.3 is 28.4 Å². The van der Waals surface area contributed by atoms with Gasteiger partial charge >= 0.3 is 5.97 Å². The van der Waals surface area contributed by atoms with E-state index in [1.807, 2.05) is 0 Å². The first-order valence-electron chi connectivity index (χ1n) is 11.9. The number of alkyl halides is 1. The second-order valence-electron chi connectivity index (χ2n) is 10.1. The van der Waals surface area contributed by atoms with E-state index in [4.69, 9.17) is 28.4 Å². The normalized spacial score (nSPS) is 50.4. The van der Waals surface area contributed by atoms with E-state index in [-0.39, 0.29) is 78.0 Å². The molecular weight excluding hydrogens is 421 g/mol. The number of esters is 1. The number of nitrogens with one attached hydrogen (secondary N) is 1. The third-order valence-corrected chi connectivity index (χ3v) is 9.06. The number of rotatable bonds is 6. The average molecular weight is 458 g/mol. The molecule has 2 heterocycles. The first kappa shape index (κ1) is 22.9. The number of hydrogen-bond donors (Lipinski definition) is 1. The molecule has 2 aliphatic heterocycles. The summed E-state index contributed by atoms with van der Waals surface area (Å²) in [4.78, 5) is 13.0. The Hall–Kier alpha value is -0.840. The van der Waals surface area contributed by atoms with Crippen LogP contribution in [0.3, 0.4) is 0 Å². The monoisotopic (exact) mass is 457 g/mol. The van der Waals surface area contributed by atoms with E-state index in [0.717, 1.165) is 25.7 Å². The van der Waals surface area contributed by atoms with Crippen molar-refractivity contribution in [2.45, 2.75) is 62.2 Å². The Morgan fingerprint density at radius 2 is 1.59 bits per heavy atom. The van der Waals surface area contributed by atoms with Crippen molar-refractivity contribution in [1.29, 1.82) is 0 Å². The molecule has 182 valence electrons. The molecule has 9 heteroatoms. The van der Waals surface area contributed by atoms with E-state index in [1.165, 1.54) is 0 Å². The van der Waals surface area contributed by atoms with Crippen molar-refractivity contribution in [3.8, 4) is 0 Å². The minimum absolute atomic E-state index is 0.0329. The molecule has 0 bridgehead atoms. The lowest BCUT2D eigenvalue weighted by molar-refractivity contribution is -0.168. The van der Waals surface area contributed by atoms with Gasteiger partial charge in [0, 0.05) is 33.3 Å². The van der Waals surface area contributed by atoms with E-state index in [1.54, 1.807) is 21.3 Å². The molecule has 0 spiro atoms. The Balaban J connectivity index is 1.50. The molecule has 10 atom stereocenters. The molecular formula is C23H36FNO7. The first-order valence-corrected chi connectivity index (χ1v) is 11.9. The van der Waals surface area contributed by atoms with Crippen LogP contribution in [-0.2, 0) is 33.2 Å². The maximum absolute atomic E-state index is 13.5. The Morgan fingerprint density at radius 3 is 2.19 bits per heavy atom. The number of hydrogen-bond acceptors (Lipinski definition) is 8. The van der Waals surface area contributed by atoms with Crippen LogP contribution in [-0.4, -0.2) is 84.1 Å². The summed E-state index contributed by atoms with van der Waals surface area (Å²) in [5, 5.41) is 3.07. The Bertz CT molecular complexity index is 669. The molecule has 0 aromatic rings. The standard InChI is InChI=1S/C23H36FNO7/c1-27-17-4-11(5-18(28-2)22(17)29-3)19-12-6-15-16(32-10-31-15)7-13(12)21(25-9-24)14-8-30-23(26)20(14)19/h11-22,25H,4-10H2,1-3H3/t11?,12?,13?,14?,15?,16?,17?,18?,19-,20+,21-,22?/m1/s1. The van der Waals surface area contributed by atoms with Crippen LogP contribution in [0.5, 0.6) is 0 Å². The van der Waals surface area contributed by atoms with Gasteiger partial charge in [-0.25, -0.2) is 4.39 Å². The van der Waals surface area contributed by atoms with Gasteiger partial charge in [0.15, 0.2) is 0 Å². The van der Waals surface area contributed by atoms with Gasteiger partial charge in [0.05, 0.1) is 36.9 Å². The lowest BCUT2D eigenvalue weighted by Gasteiger charge is -2.55. The maximum Gasteiger partial charge on any atom is 0.309 e. The van der Waals surface area contributed by atoms with E-state index in [9.17, 15) is 9.18 Å². The molecule has 7 unspecified atom stereocenters. The van der Waals surface area contributed by atoms with E-state index in [2.05, 4.69) is 5.32 Å². The topological polar surface area (TPSA) is 84.5 Å². The van der Waals surface area contributed by atoms with Crippen molar-refractivity contribution in [2.24, 2.45) is 35.5 Å². The Morgan fingerprint density at radius 1 is 0.938 bits per heavy atom. The van der Waals surface area contributed by atoms with Crippen molar-refractivity contribution in [2.75, 3.05) is 41.5 Å². The molecule has 3 saturated carbocycles. The predicted molar refractivity (Wildman–Crippen MR) is 110 cm³/mol. The van der Waals surface area contributed by atoms with Gasteiger partial charge in [0.2, 0.25) is 0 Å². The molecule has 32 heavy (non-hydrogen) atoms. The van der Waals surface area contributed by atoms with Gasteiger partial charge in [-0.3, -0.25) is 10.1 Å². The zero-order valence-electron chi connectivity index (χ0n) is 19.1.